The second-order valence-electron chi connectivity index (χ2n) is 6.69. The Morgan fingerprint density at radius 2 is 2.04 bits per heavy atom. The monoisotopic (exact) mass is 392 g/mol. The molecule has 0 bridgehead atoms. The van der Waals surface area contributed by atoms with Gasteiger partial charge in [-0.2, -0.15) is 0 Å². The van der Waals surface area contributed by atoms with Crippen molar-refractivity contribution in [2.45, 2.75) is 57.3 Å². The predicted octanol–water partition coefficient (Wildman–Crippen LogP) is 4.50. The van der Waals surface area contributed by atoms with Crippen LogP contribution >= 0.6 is 23.4 Å². The van der Waals surface area contributed by atoms with Gasteiger partial charge in [0.05, 0.1) is 5.75 Å². The largest absolute Gasteiger partial charge is 0.339 e. The van der Waals surface area contributed by atoms with Gasteiger partial charge in [0, 0.05) is 29.7 Å². The quantitative estimate of drug-likeness (QED) is 0.679. The van der Waals surface area contributed by atoms with E-state index in [0.717, 1.165) is 48.9 Å². The van der Waals surface area contributed by atoms with Gasteiger partial charge in [0.15, 0.2) is 11.0 Å². The third-order valence-electron chi connectivity index (χ3n) is 4.71. The van der Waals surface area contributed by atoms with Gasteiger partial charge in [0.25, 0.3) is 0 Å². The normalized spacial score (nSPS) is 17.5. The van der Waals surface area contributed by atoms with Crippen LogP contribution in [0.2, 0.25) is 5.02 Å². The minimum Gasteiger partial charge on any atom is -0.339 e. The van der Waals surface area contributed by atoms with Gasteiger partial charge in [-0.25, -0.2) is 0 Å². The van der Waals surface area contributed by atoms with Crippen LogP contribution in [0.5, 0.6) is 0 Å². The molecule has 1 fully saturated rings. The molecule has 1 aromatic carbocycles. The van der Waals surface area contributed by atoms with Crippen molar-refractivity contribution in [3.8, 4) is 11.4 Å². The molecule has 1 aromatic heterocycles. The zero-order valence-electron chi connectivity index (χ0n) is 15.3. The van der Waals surface area contributed by atoms with Crippen molar-refractivity contribution in [3.63, 3.8) is 0 Å². The molecule has 0 unspecified atom stereocenters. The van der Waals surface area contributed by atoms with Crippen LogP contribution in [0.4, 0.5) is 0 Å². The summed E-state index contributed by atoms with van der Waals surface area (Å²) in [6, 6.07) is 7.96. The van der Waals surface area contributed by atoms with Crippen molar-refractivity contribution in [1.82, 2.24) is 19.7 Å². The zero-order valence-corrected chi connectivity index (χ0v) is 16.9. The van der Waals surface area contributed by atoms with Gasteiger partial charge in [0.1, 0.15) is 0 Å². The van der Waals surface area contributed by atoms with Gasteiger partial charge in [-0.15, -0.1) is 10.2 Å². The van der Waals surface area contributed by atoms with E-state index >= 15 is 0 Å². The smallest absolute Gasteiger partial charge is 0.233 e. The lowest BCUT2D eigenvalue weighted by Crippen LogP contribution is -2.43. The lowest BCUT2D eigenvalue weighted by atomic mass is 10.0. The van der Waals surface area contributed by atoms with Crippen LogP contribution in [0.3, 0.4) is 0 Å². The number of carbonyl (C=O) groups is 1. The second-order valence-corrected chi connectivity index (χ2v) is 8.06. The van der Waals surface area contributed by atoms with E-state index in [1.54, 1.807) is 0 Å². The molecule has 1 saturated heterocycles. The maximum absolute atomic E-state index is 12.6. The third kappa shape index (κ3) is 4.41. The SMILES string of the molecule is CCCn1c(SCC(=O)N2CCCC[C@@H]2C)nnc1-c1ccc(Cl)cc1. The van der Waals surface area contributed by atoms with E-state index in [1.807, 2.05) is 29.2 Å². The van der Waals surface area contributed by atoms with E-state index in [9.17, 15) is 4.79 Å². The van der Waals surface area contributed by atoms with E-state index in [4.69, 9.17) is 11.6 Å². The van der Waals surface area contributed by atoms with Gasteiger partial charge in [-0.1, -0.05) is 30.3 Å². The number of amides is 1. The number of likely N-dealkylation sites (tertiary alicyclic amines) is 1. The molecule has 0 aliphatic carbocycles. The minimum atomic E-state index is 0.196. The Kier molecular flexibility index (Phi) is 6.59. The van der Waals surface area contributed by atoms with Crippen LogP contribution in [0, 0.1) is 0 Å². The lowest BCUT2D eigenvalue weighted by molar-refractivity contribution is -0.131. The molecule has 3 rings (SSSR count). The van der Waals surface area contributed by atoms with Crippen molar-refractivity contribution in [2.75, 3.05) is 12.3 Å². The van der Waals surface area contributed by atoms with Gasteiger partial charge in [0.2, 0.25) is 5.91 Å². The molecule has 1 atom stereocenters. The molecular weight excluding hydrogens is 368 g/mol. The van der Waals surface area contributed by atoms with Crippen LogP contribution in [0.15, 0.2) is 29.4 Å². The topological polar surface area (TPSA) is 51.0 Å². The highest BCUT2D eigenvalue weighted by atomic mass is 35.5. The molecule has 0 radical (unpaired) electrons. The van der Waals surface area contributed by atoms with E-state index in [1.165, 1.54) is 18.2 Å². The number of hydrogen-bond donors (Lipinski definition) is 0. The first-order chi connectivity index (χ1) is 12.6. The highest BCUT2D eigenvalue weighted by Gasteiger charge is 2.24. The number of piperidine rings is 1. The van der Waals surface area contributed by atoms with E-state index in [-0.39, 0.29) is 5.91 Å². The molecule has 2 aromatic rings. The predicted molar refractivity (Wildman–Crippen MR) is 107 cm³/mol. The average Bonchev–Trinajstić information content (AvgIpc) is 3.04. The molecule has 5 nitrogen and oxygen atoms in total. The number of benzene rings is 1. The van der Waals surface area contributed by atoms with Crippen molar-refractivity contribution >= 4 is 29.3 Å². The molecule has 1 aliphatic heterocycles. The Morgan fingerprint density at radius 1 is 1.27 bits per heavy atom. The van der Waals surface area contributed by atoms with E-state index in [0.29, 0.717) is 16.8 Å². The first-order valence-electron chi connectivity index (χ1n) is 9.21. The second kappa shape index (κ2) is 8.91. The summed E-state index contributed by atoms with van der Waals surface area (Å²) in [6.45, 7) is 5.96. The van der Waals surface area contributed by atoms with E-state index in [2.05, 4.69) is 28.6 Å². The molecule has 140 valence electrons. The zero-order chi connectivity index (χ0) is 18.5. The number of aromatic nitrogens is 3. The molecule has 7 heteroatoms. The molecular formula is C19H25ClN4OS. The highest BCUT2D eigenvalue weighted by molar-refractivity contribution is 7.99. The number of thioether (sulfide) groups is 1. The average molecular weight is 393 g/mol. The number of carbonyl (C=O) groups excluding carboxylic acids is 1. The fourth-order valence-electron chi connectivity index (χ4n) is 3.31. The molecule has 1 aliphatic rings. The summed E-state index contributed by atoms with van der Waals surface area (Å²) in [7, 11) is 0. The maximum atomic E-state index is 12.6. The fourth-order valence-corrected chi connectivity index (χ4v) is 4.29. The maximum Gasteiger partial charge on any atom is 0.233 e. The summed E-state index contributed by atoms with van der Waals surface area (Å²) in [6.07, 6.45) is 4.40. The summed E-state index contributed by atoms with van der Waals surface area (Å²) in [5.74, 6) is 1.43. The standard InChI is InChI=1S/C19H25ClN4OS/c1-3-11-24-18(15-7-9-16(20)10-8-15)21-22-19(24)26-13-17(25)23-12-5-4-6-14(23)2/h7-10,14H,3-6,11-13H2,1-2H3/t14-/m0/s1. The van der Waals surface area contributed by atoms with Gasteiger partial charge in [-0.05, 0) is 56.9 Å². The van der Waals surface area contributed by atoms with Crippen LogP contribution in [0.1, 0.15) is 39.5 Å². The fraction of sp³-hybridized carbons (Fsp3) is 0.526. The Morgan fingerprint density at radius 3 is 2.73 bits per heavy atom. The van der Waals surface area contributed by atoms with Crippen molar-refractivity contribution in [3.05, 3.63) is 29.3 Å². The van der Waals surface area contributed by atoms with Gasteiger partial charge < -0.3 is 9.47 Å². The van der Waals surface area contributed by atoms with Gasteiger partial charge in [-0.3, -0.25) is 4.79 Å². The molecule has 26 heavy (non-hydrogen) atoms. The van der Waals surface area contributed by atoms with Crippen molar-refractivity contribution < 1.29 is 4.79 Å². The Hall–Kier alpha value is -1.53. The first-order valence-corrected chi connectivity index (χ1v) is 10.6. The summed E-state index contributed by atoms with van der Waals surface area (Å²) < 4.78 is 2.10. The van der Waals surface area contributed by atoms with Crippen LogP contribution in [-0.4, -0.2) is 43.9 Å². The van der Waals surface area contributed by atoms with Crippen LogP contribution < -0.4 is 0 Å². The Labute approximate surface area is 164 Å². The van der Waals surface area contributed by atoms with E-state index < -0.39 is 0 Å². The summed E-state index contributed by atoms with van der Waals surface area (Å²) in [5, 5.41) is 10.2. The molecule has 0 N–H and O–H groups in total. The number of halogens is 1. The van der Waals surface area contributed by atoms with Gasteiger partial charge >= 0.3 is 0 Å². The Balaban J connectivity index is 1.73. The van der Waals surface area contributed by atoms with Crippen molar-refractivity contribution in [1.29, 1.82) is 0 Å². The lowest BCUT2D eigenvalue weighted by Gasteiger charge is -2.33. The summed E-state index contributed by atoms with van der Waals surface area (Å²) >= 11 is 7.47. The molecule has 0 saturated carbocycles. The number of rotatable bonds is 6. The molecule has 0 spiro atoms. The highest BCUT2D eigenvalue weighted by Crippen LogP contribution is 2.26. The summed E-state index contributed by atoms with van der Waals surface area (Å²) in [4.78, 5) is 14.6. The number of hydrogen-bond acceptors (Lipinski definition) is 4. The Bertz CT molecular complexity index is 746. The minimum absolute atomic E-state index is 0.196. The number of nitrogens with zero attached hydrogens (tertiary/aromatic N) is 4. The van der Waals surface area contributed by atoms with Crippen LogP contribution in [-0.2, 0) is 11.3 Å². The summed E-state index contributed by atoms with van der Waals surface area (Å²) in [5.41, 5.74) is 0.984. The molecule has 1 amide bonds. The third-order valence-corrected chi connectivity index (χ3v) is 5.92. The molecule has 2 heterocycles. The first kappa shape index (κ1) is 19.2. The van der Waals surface area contributed by atoms with Crippen LogP contribution in [0.25, 0.3) is 11.4 Å². The van der Waals surface area contributed by atoms with Crippen molar-refractivity contribution in [2.24, 2.45) is 0 Å².